The van der Waals surface area contributed by atoms with Gasteiger partial charge in [-0.25, -0.2) is 13.6 Å². The quantitative estimate of drug-likeness (QED) is 0.891. The summed E-state index contributed by atoms with van der Waals surface area (Å²) in [6.45, 7) is -0.0558. The van der Waals surface area contributed by atoms with Gasteiger partial charge in [0.15, 0.2) is 5.79 Å². The van der Waals surface area contributed by atoms with Crippen LogP contribution in [0.3, 0.4) is 0 Å². The number of hydrogen-bond acceptors (Lipinski definition) is 5. The minimum absolute atomic E-state index is 0.0494. The minimum Gasteiger partial charge on any atom is -0.343 e. The van der Waals surface area contributed by atoms with Crippen molar-refractivity contribution in [1.82, 2.24) is 0 Å². The number of alkyl halides is 1. The summed E-state index contributed by atoms with van der Waals surface area (Å²) < 4.78 is 46.1. The smallest absolute Gasteiger partial charge is 0.239 e. The third-order valence-electron chi connectivity index (χ3n) is 2.52. The Balaban J connectivity index is 2.48. The molecule has 0 aromatic carbocycles. The van der Waals surface area contributed by atoms with Crippen LogP contribution in [0, 0.1) is 0 Å². The van der Waals surface area contributed by atoms with Crippen LogP contribution in [0.2, 0.25) is 0 Å². The van der Waals surface area contributed by atoms with Crippen LogP contribution in [0.4, 0.5) is 4.39 Å². The van der Waals surface area contributed by atoms with Crippen molar-refractivity contribution in [2.24, 2.45) is 5.14 Å². The lowest BCUT2D eigenvalue weighted by molar-refractivity contribution is -0.174. The van der Waals surface area contributed by atoms with Gasteiger partial charge in [0.05, 0.1) is 19.9 Å². The summed E-state index contributed by atoms with van der Waals surface area (Å²) in [5, 5.41) is 8.07. The standard InChI is InChI=1S/C9H12FNO4S2/c10-2-1-9(14-3-4-15-9)7-5-16-6-8(7)17(11,12)13/h5-6H,1-4H2,(H2,11,12,13). The summed E-state index contributed by atoms with van der Waals surface area (Å²) >= 11 is 1.16. The molecule has 1 aromatic heterocycles. The van der Waals surface area contributed by atoms with Crippen LogP contribution in [0.25, 0.3) is 0 Å². The van der Waals surface area contributed by atoms with E-state index in [0.717, 1.165) is 11.3 Å². The van der Waals surface area contributed by atoms with Gasteiger partial charge in [-0.3, -0.25) is 4.39 Å². The highest BCUT2D eigenvalue weighted by molar-refractivity contribution is 7.89. The Morgan fingerprint density at radius 2 is 2.06 bits per heavy atom. The van der Waals surface area contributed by atoms with Crippen LogP contribution >= 0.6 is 11.3 Å². The first kappa shape index (κ1) is 12.9. The number of halogens is 1. The van der Waals surface area contributed by atoms with E-state index in [1.54, 1.807) is 5.38 Å². The van der Waals surface area contributed by atoms with Crippen LogP contribution in [0.5, 0.6) is 0 Å². The van der Waals surface area contributed by atoms with Gasteiger partial charge in [0.1, 0.15) is 4.90 Å². The Bertz CT molecular complexity index is 493. The summed E-state index contributed by atoms with van der Waals surface area (Å²) in [4.78, 5) is -0.0575. The molecule has 2 heterocycles. The van der Waals surface area contributed by atoms with Crippen LogP contribution in [-0.2, 0) is 25.3 Å². The van der Waals surface area contributed by atoms with E-state index in [1.807, 2.05) is 0 Å². The first-order valence-corrected chi connectivity index (χ1v) is 7.42. The molecule has 0 aliphatic carbocycles. The van der Waals surface area contributed by atoms with E-state index in [-0.39, 0.29) is 11.3 Å². The van der Waals surface area contributed by atoms with Crippen LogP contribution < -0.4 is 5.14 Å². The van der Waals surface area contributed by atoms with Gasteiger partial charge in [-0.05, 0) is 0 Å². The largest absolute Gasteiger partial charge is 0.343 e. The first-order valence-electron chi connectivity index (χ1n) is 4.93. The SMILES string of the molecule is NS(=O)(=O)c1cscc1C1(CCF)OCCO1. The van der Waals surface area contributed by atoms with Crippen molar-refractivity contribution in [1.29, 1.82) is 0 Å². The average Bonchev–Trinajstić information content (AvgIpc) is 2.83. The third kappa shape index (κ3) is 2.36. The van der Waals surface area contributed by atoms with Gasteiger partial charge < -0.3 is 9.47 Å². The number of hydrogen-bond donors (Lipinski definition) is 1. The van der Waals surface area contributed by atoms with E-state index in [0.29, 0.717) is 18.8 Å². The van der Waals surface area contributed by atoms with Crippen molar-refractivity contribution >= 4 is 21.4 Å². The molecule has 0 amide bonds. The second-order valence-electron chi connectivity index (χ2n) is 3.58. The van der Waals surface area contributed by atoms with E-state index in [1.165, 1.54) is 5.38 Å². The van der Waals surface area contributed by atoms with Gasteiger partial charge in [0.25, 0.3) is 0 Å². The normalized spacial score (nSPS) is 19.6. The fourth-order valence-electron chi connectivity index (χ4n) is 1.80. The molecule has 2 N–H and O–H groups in total. The van der Waals surface area contributed by atoms with Crippen molar-refractivity contribution in [3.05, 3.63) is 16.3 Å². The molecule has 0 saturated carbocycles. The molecule has 0 radical (unpaired) electrons. The maximum absolute atomic E-state index is 12.6. The lowest BCUT2D eigenvalue weighted by atomic mass is 10.1. The number of sulfonamides is 1. The molecule has 0 unspecified atom stereocenters. The molecule has 0 bridgehead atoms. The zero-order valence-corrected chi connectivity index (χ0v) is 10.5. The fraction of sp³-hybridized carbons (Fsp3) is 0.556. The third-order valence-corrected chi connectivity index (χ3v) is 4.36. The zero-order valence-electron chi connectivity index (χ0n) is 8.89. The topological polar surface area (TPSA) is 78.6 Å². The predicted octanol–water partition coefficient (Wildman–Crippen LogP) is 0.955. The lowest BCUT2D eigenvalue weighted by Crippen LogP contribution is -2.30. The molecule has 1 saturated heterocycles. The summed E-state index contributed by atoms with van der Waals surface area (Å²) in [6.07, 6.45) is -0.0494. The van der Waals surface area contributed by atoms with Crippen LogP contribution in [-0.4, -0.2) is 28.3 Å². The summed E-state index contributed by atoms with van der Waals surface area (Å²) in [6, 6.07) is 0. The number of nitrogens with two attached hydrogens (primary N) is 1. The van der Waals surface area contributed by atoms with Crippen molar-refractivity contribution in [3.63, 3.8) is 0 Å². The highest BCUT2D eigenvalue weighted by Crippen LogP contribution is 2.39. The lowest BCUT2D eigenvalue weighted by Gasteiger charge is -2.26. The molecule has 5 nitrogen and oxygen atoms in total. The van der Waals surface area contributed by atoms with Gasteiger partial charge in [-0.15, -0.1) is 0 Å². The molecule has 17 heavy (non-hydrogen) atoms. The second-order valence-corrected chi connectivity index (χ2v) is 5.86. The Kier molecular flexibility index (Phi) is 3.50. The average molecular weight is 281 g/mol. The fourth-order valence-corrected chi connectivity index (χ4v) is 3.86. The van der Waals surface area contributed by atoms with Crippen LogP contribution in [0.15, 0.2) is 15.7 Å². The highest BCUT2D eigenvalue weighted by atomic mass is 32.2. The van der Waals surface area contributed by atoms with E-state index in [2.05, 4.69) is 0 Å². The molecule has 96 valence electrons. The number of ether oxygens (including phenoxy) is 2. The summed E-state index contributed by atoms with van der Waals surface area (Å²) in [7, 11) is -3.86. The van der Waals surface area contributed by atoms with Crippen molar-refractivity contribution in [2.45, 2.75) is 17.1 Å². The highest BCUT2D eigenvalue weighted by Gasteiger charge is 2.42. The molecular formula is C9H12FNO4S2. The van der Waals surface area contributed by atoms with Crippen molar-refractivity contribution in [3.8, 4) is 0 Å². The van der Waals surface area contributed by atoms with Gasteiger partial charge in [-0.2, -0.15) is 11.3 Å². The molecule has 1 aromatic rings. The van der Waals surface area contributed by atoms with E-state index >= 15 is 0 Å². The Morgan fingerprint density at radius 1 is 1.41 bits per heavy atom. The molecule has 8 heteroatoms. The summed E-state index contributed by atoms with van der Waals surface area (Å²) in [5.41, 5.74) is 0.292. The van der Waals surface area contributed by atoms with Gasteiger partial charge in [-0.1, -0.05) is 0 Å². The zero-order chi connectivity index (χ0) is 12.5. The molecular weight excluding hydrogens is 269 g/mol. The van der Waals surface area contributed by atoms with Gasteiger partial charge >= 0.3 is 0 Å². The molecule has 0 atom stereocenters. The van der Waals surface area contributed by atoms with E-state index in [4.69, 9.17) is 14.6 Å². The van der Waals surface area contributed by atoms with Gasteiger partial charge in [0.2, 0.25) is 10.0 Å². The minimum atomic E-state index is -3.86. The Morgan fingerprint density at radius 3 is 2.59 bits per heavy atom. The summed E-state index contributed by atoms with van der Waals surface area (Å²) in [5.74, 6) is -1.31. The van der Waals surface area contributed by atoms with Crippen molar-refractivity contribution in [2.75, 3.05) is 19.9 Å². The first-order chi connectivity index (χ1) is 7.99. The Labute approximate surface area is 102 Å². The van der Waals surface area contributed by atoms with E-state index in [9.17, 15) is 12.8 Å². The van der Waals surface area contributed by atoms with Crippen molar-refractivity contribution < 1.29 is 22.3 Å². The molecule has 1 aliphatic heterocycles. The number of thiophene rings is 1. The maximum Gasteiger partial charge on any atom is 0.239 e. The molecule has 1 fully saturated rings. The monoisotopic (exact) mass is 281 g/mol. The predicted molar refractivity (Wildman–Crippen MR) is 59.9 cm³/mol. The number of primary sulfonamides is 1. The Hall–Kier alpha value is -0.540. The molecule has 0 spiro atoms. The van der Waals surface area contributed by atoms with Gasteiger partial charge in [0, 0.05) is 22.7 Å². The molecule has 1 aliphatic rings. The maximum atomic E-state index is 12.6. The number of rotatable bonds is 4. The van der Waals surface area contributed by atoms with Crippen LogP contribution in [0.1, 0.15) is 12.0 Å². The molecule has 2 rings (SSSR count). The van der Waals surface area contributed by atoms with E-state index < -0.39 is 22.5 Å². The second kappa shape index (κ2) is 4.62.